The zero-order valence-corrected chi connectivity index (χ0v) is 12.8. The Balaban J connectivity index is 2.02. The van der Waals surface area contributed by atoms with Gasteiger partial charge in [-0.25, -0.2) is 8.42 Å². The largest absolute Gasteiger partial charge is 0.382 e. The molecule has 0 spiro atoms. The molecule has 0 aliphatic heterocycles. The molecule has 1 aliphatic carbocycles. The molecule has 1 heterocycles. The molecular weight excluding hydrogens is 282 g/mol. The fourth-order valence-corrected chi connectivity index (χ4v) is 4.89. The average Bonchev–Trinajstić information content (AvgIpc) is 3.15. The normalized spacial score (nSPS) is 15.6. The van der Waals surface area contributed by atoms with Crippen LogP contribution >= 0.6 is 11.5 Å². The van der Waals surface area contributed by atoms with Crippen molar-refractivity contribution < 1.29 is 8.42 Å². The molecule has 1 aliphatic rings. The molecule has 3 N–H and O–H groups in total. The number of aromatic nitrogens is 1. The Morgan fingerprint density at radius 2 is 2.11 bits per heavy atom. The summed E-state index contributed by atoms with van der Waals surface area (Å²) in [5.41, 5.74) is 5.73. The molecule has 1 saturated carbocycles. The van der Waals surface area contributed by atoms with Crippen LogP contribution in [0.3, 0.4) is 0 Å². The van der Waals surface area contributed by atoms with Crippen LogP contribution in [0.15, 0.2) is 4.90 Å². The van der Waals surface area contributed by atoms with Gasteiger partial charge in [-0.05, 0) is 30.8 Å². The van der Waals surface area contributed by atoms with Gasteiger partial charge in [0.15, 0.2) is 15.7 Å². The smallest absolute Gasteiger partial charge is 0.187 e. The van der Waals surface area contributed by atoms with E-state index in [-0.39, 0.29) is 16.0 Å². The first-order chi connectivity index (χ1) is 9.07. The standard InChI is InChI=1S/C12H21N3O2S2/c1-2-3-4-5-8-14-12-10(11(13)15-18-12)19(16,17)9-6-7-9/h9,14H,2-8H2,1H3,(H2,13,15). The molecule has 0 amide bonds. The third-order valence-electron chi connectivity index (χ3n) is 3.24. The molecule has 0 unspecified atom stereocenters. The van der Waals surface area contributed by atoms with Gasteiger partial charge in [0.25, 0.3) is 0 Å². The van der Waals surface area contributed by atoms with Crippen molar-refractivity contribution in [3.05, 3.63) is 0 Å². The molecule has 0 atom stereocenters. The topological polar surface area (TPSA) is 85.1 Å². The molecule has 1 aromatic heterocycles. The predicted molar refractivity (Wildman–Crippen MR) is 79.4 cm³/mol. The first-order valence-corrected chi connectivity index (χ1v) is 9.12. The van der Waals surface area contributed by atoms with Crippen LogP contribution in [0.4, 0.5) is 10.8 Å². The van der Waals surface area contributed by atoms with Crippen LogP contribution < -0.4 is 11.1 Å². The number of hydrogen-bond donors (Lipinski definition) is 2. The van der Waals surface area contributed by atoms with Gasteiger partial charge in [-0.15, -0.1) is 0 Å². The van der Waals surface area contributed by atoms with E-state index in [0.717, 1.165) is 43.8 Å². The summed E-state index contributed by atoms with van der Waals surface area (Å²) in [7, 11) is -3.27. The molecule has 1 aromatic rings. The highest BCUT2D eigenvalue weighted by molar-refractivity contribution is 7.92. The maximum atomic E-state index is 12.3. The number of hydrogen-bond acceptors (Lipinski definition) is 6. The van der Waals surface area contributed by atoms with E-state index in [0.29, 0.717) is 5.00 Å². The molecule has 0 saturated heterocycles. The van der Waals surface area contributed by atoms with Gasteiger partial charge in [0.2, 0.25) is 0 Å². The average molecular weight is 303 g/mol. The lowest BCUT2D eigenvalue weighted by Crippen LogP contribution is -2.12. The third kappa shape index (κ3) is 3.39. The van der Waals surface area contributed by atoms with E-state index in [1.807, 2.05) is 0 Å². The molecule has 108 valence electrons. The van der Waals surface area contributed by atoms with Crippen molar-refractivity contribution in [3.63, 3.8) is 0 Å². The first kappa shape index (κ1) is 14.6. The molecule has 19 heavy (non-hydrogen) atoms. The van der Waals surface area contributed by atoms with Gasteiger partial charge < -0.3 is 11.1 Å². The number of nitrogens with two attached hydrogens (primary N) is 1. The van der Waals surface area contributed by atoms with Crippen molar-refractivity contribution >= 4 is 32.2 Å². The Labute approximate surface area is 118 Å². The fraction of sp³-hybridized carbons (Fsp3) is 0.750. The Bertz CT molecular complexity index is 521. The van der Waals surface area contributed by atoms with Gasteiger partial charge in [0.05, 0.1) is 5.25 Å². The second-order valence-corrected chi connectivity index (χ2v) is 7.90. The van der Waals surface area contributed by atoms with Crippen molar-refractivity contribution in [1.29, 1.82) is 0 Å². The van der Waals surface area contributed by atoms with Gasteiger partial charge in [-0.3, -0.25) is 0 Å². The van der Waals surface area contributed by atoms with Crippen LogP contribution in [0.25, 0.3) is 0 Å². The second-order valence-electron chi connectivity index (χ2n) is 4.96. The van der Waals surface area contributed by atoms with Gasteiger partial charge in [0, 0.05) is 6.54 Å². The lowest BCUT2D eigenvalue weighted by Gasteiger charge is -2.07. The van der Waals surface area contributed by atoms with Crippen LogP contribution in [0.2, 0.25) is 0 Å². The number of nitrogen functional groups attached to an aromatic ring is 1. The lowest BCUT2D eigenvalue weighted by molar-refractivity contribution is 0.595. The maximum Gasteiger partial charge on any atom is 0.187 e. The van der Waals surface area contributed by atoms with Gasteiger partial charge >= 0.3 is 0 Å². The van der Waals surface area contributed by atoms with Crippen LogP contribution in [0.1, 0.15) is 45.4 Å². The summed E-state index contributed by atoms with van der Waals surface area (Å²) in [5.74, 6) is 0.146. The van der Waals surface area contributed by atoms with Gasteiger partial charge in [-0.1, -0.05) is 26.2 Å². The van der Waals surface area contributed by atoms with Crippen molar-refractivity contribution in [3.8, 4) is 0 Å². The molecule has 0 radical (unpaired) electrons. The van der Waals surface area contributed by atoms with Crippen molar-refractivity contribution in [2.24, 2.45) is 0 Å². The minimum absolute atomic E-state index is 0.146. The van der Waals surface area contributed by atoms with E-state index in [4.69, 9.17) is 5.73 Å². The second kappa shape index (κ2) is 6.09. The summed E-state index contributed by atoms with van der Waals surface area (Å²) in [6.45, 7) is 2.94. The van der Waals surface area contributed by atoms with Crippen molar-refractivity contribution in [2.75, 3.05) is 17.6 Å². The van der Waals surface area contributed by atoms with Crippen LogP contribution in [0.5, 0.6) is 0 Å². The highest BCUT2D eigenvalue weighted by Crippen LogP contribution is 2.40. The minimum Gasteiger partial charge on any atom is -0.382 e. The Morgan fingerprint density at radius 1 is 1.37 bits per heavy atom. The number of anilines is 2. The number of sulfone groups is 1. The van der Waals surface area contributed by atoms with E-state index >= 15 is 0 Å². The Morgan fingerprint density at radius 3 is 2.74 bits per heavy atom. The molecule has 7 heteroatoms. The number of unbranched alkanes of at least 4 members (excludes halogenated alkanes) is 3. The van der Waals surface area contributed by atoms with E-state index in [1.165, 1.54) is 12.8 Å². The molecule has 0 bridgehead atoms. The number of nitrogens with one attached hydrogen (secondary N) is 1. The van der Waals surface area contributed by atoms with Gasteiger partial charge in [0.1, 0.15) is 9.90 Å². The maximum absolute atomic E-state index is 12.3. The Kier molecular flexibility index (Phi) is 4.67. The lowest BCUT2D eigenvalue weighted by atomic mass is 10.2. The number of rotatable bonds is 8. The van der Waals surface area contributed by atoms with Gasteiger partial charge in [-0.2, -0.15) is 4.37 Å². The van der Waals surface area contributed by atoms with E-state index in [9.17, 15) is 8.42 Å². The summed E-state index contributed by atoms with van der Waals surface area (Å²) < 4.78 is 28.5. The number of nitrogens with zero attached hydrogens (tertiary/aromatic N) is 1. The fourth-order valence-electron chi connectivity index (χ4n) is 1.98. The van der Waals surface area contributed by atoms with E-state index in [1.54, 1.807) is 0 Å². The highest BCUT2D eigenvalue weighted by Gasteiger charge is 2.40. The first-order valence-electron chi connectivity index (χ1n) is 6.80. The zero-order chi connectivity index (χ0) is 13.9. The van der Waals surface area contributed by atoms with Crippen LogP contribution in [0, 0.1) is 0 Å². The molecular formula is C12H21N3O2S2. The quantitative estimate of drug-likeness (QED) is 0.721. The van der Waals surface area contributed by atoms with E-state index in [2.05, 4.69) is 16.6 Å². The molecule has 0 aromatic carbocycles. The summed E-state index contributed by atoms with van der Waals surface area (Å²) in [6, 6.07) is 0. The summed E-state index contributed by atoms with van der Waals surface area (Å²) in [4.78, 5) is 0.232. The summed E-state index contributed by atoms with van der Waals surface area (Å²) in [6.07, 6.45) is 6.08. The highest BCUT2D eigenvalue weighted by atomic mass is 32.2. The van der Waals surface area contributed by atoms with Crippen LogP contribution in [-0.4, -0.2) is 24.6 Å². The van der Waals surface area contributed by atoms with Crippen LogP contribution in [-0.2, 0) is 9.84 Å². The SMILES string of the molecule is CCCCCCNc1snc(N)c1S(=O)(=O)C1CC1. The third-order valence-corrected chi connectivity index (χ3v) is 6.52. The zero-order valence-electron chi connectivity index (χ0n) is 11.2. The van der Waals surface area contributed by atoms with Crippen molar-refractivity contribution in [2.45, 2.75) is 55.6 Å². The monoisotopic (exact) mass is 303 g/mol. The predicted octanol–water partition coefficient (Wildman–Crippen LogP) is 2.65. The van der Waals surface area contributed by atoms with Crippen molar-refractivity contribution in [1.82, 2.24) is 4.37 Å². The molecule has 2 rings (SSSR count). The Hall–Kier alpha value is -0.820. The summed E-state index contributed by atoms with van der Waals surface area (Å²) in [5, 5.41) is 3.55. The molecule has 1 fully saturated rings. The minimum atomic E-state index is -3.27. The van der Waals surface area contributed by atoms with E-state index < -0.39 is 9.84 Å². The summed E-state index contributed by atoms with van der Waals surface area (Å²) >= 11 is 1.15. The molecule has 5 nitrogen and oxygen atoms in total.